The SMILES string of the molecule is CCOc1cc(C(=O)N(C)Cc2cnc(CC)c3cn[nH]c23)ccc1-c1cccc(F)c1. The number of nitrogens with zero attached hydrogens (tertiary/aromatic N) is 3. The minimum Gasteiger partial charge on any atom is -0.493 e. The van der Waals surface area contributed by atoms with Gasteiger partial charge in [-0.2, -0.15) is 5.10 Å². The van der Waals surface area contributed by atoms with Gasteiger partial charge in [0.05, 0.1) is 24.0 Å². The second kappa shape index (κ2) is 9.18. The summed E-state index contributed by atoms with van der Waals surface area (Å²) in [4.78, 5) is 19.3. The summed E-state index contributed by atoms with van der Waals surface area (Å²) in [5.41, 5.74) is 4.70. The lowest BCUT2D eigenvalue weighted by atomic mass is 10.0. The highest BCUT2D eigenvalue weighted by Gasteiger charge is 2.18. The summed E-state index contributed by atoms with van der Waals surface area (Å²) in [7, 11) is 1.75. The van der Waals surface area contributed by atoms with E-state index >= 15 is 0 Å². The molecule has 2 heterocycles. The lowest BCUT2D eigenvalue weighted by Gasteiger charge is -2.19. The van der Waals surface area contributed by atoms with Gasteiger partial charge in [0.15, 0.2) is 0 Å². The number of halogens is 1. The molecular formula is C25H25FN4O2. The smallest absolute Gasteiger partial charge is 0.254 e. The first-order chi connectivity index (χ1) is 15.5. The number of hydrogen-bond donors (Lipinski definition) is 1. The van der Waals surface area contributed by atoms with E-state index in [0.717, 1.165) is 34.1 Å². The number of fused-ring (bicyclic) bond motifs is 1. The van der Waals surface area contributed by atoms with E-state index in [2.05, 4.69) is 15.2 Å². The fourth-order valence-corrected chi connectivity index (χ4v) is 3.81. The van der Waals surface area contributed by atoms with E-state index in [1.807, 2.05) is 19.9 Å². The molecule has 0 fully saturated rings. The van der Waals surface area contributed by atoms with E-state index in [1.165, 1.54) is 12.1 Å². The molecule has 0 unspecified atom stereocenters. The van der Waals surface area contributed by atoms with Crippen LogP contribution in [-0.4, -0.2) is 39.6 Å². The minimum absolute atomic E-state index is 0.149. The highest BCUT2D eigenvalue weighted by atomic mass is 19.1. The number of aromatic nitrogens is 3. The fourth-order valence-electron chi connectivity index (χ4n) is 3.81. The topological polar surface area (TPSA) is 71.1 Å². The second-order valence-electron chi connectivity index (χ2n) is 7.56. The van der Waals surface area contributed by atoms with Crippen molar-refractivity contribution in [2.45, 2.75) is 26.8 Å². The maximum atomic E-state index is 13.7. The Morgan fingerprint density at radius 2 is 2.00 bits per heavy atom. The molecule has 1 N–H and O–H groups in total. The lowest BCUT2D eigenvalue weighted by Crippen LogP contribution is -2.26. The van der Waals surface area contributed by atoms with Crippen molar-refractivity contribution in [3.63, 3.8) is 0 Å². The van der Waals surface area contributed by atoms with E-state index < -0.39 is 0 Å². The zero-order valence-electron chi connectivity index (χ0n) is 18.4. The number of benzene rings is 2. The normalized spacial score (nSPS) is 11.0. The highest BCUT2D eigenvalue weighted by molar-refractivity contribution is 5.96. The van der Waals surface area contributed by atoms with Crippen molar-refractivity contribution in [3.05, 3.63) is 77.5 Å². The summed E-state index contributed by atoms with van der Waals surface area (Å²) in [5, 5.41) is 8.15. The summed E-state index contributed by atoms with van der Waals surface area (Å²) < 4.78 is 19.5. The van der Waals surface area contributed by atoms with E-state index in [4.69, 9.17) is 4.74 Å². The van der Waals surface area contributed by atoms with Crippen LogP contribution in [0.1, 0.15) is 35.5 Å². The van der Waals surface area contributed by atoms with Crippen molar-refractivity contribution in [1.29, 1.82) is 0 Å². The number of aromatic amines is 1. The fraction of sp³-hybridized carbons (Fsp3) is 0.240. The summed E-state index contributed by atoms with van der Waals surface area (Å²) in [6.45, 7) is 4.74. The number of ether oxygens (including phenoxy) is 1. The van der Waals surface area contributed by atoms with Gasteiger partial charge in [-0.15, -0.1) is 0 Å². The van der Waals surface area contributed by atoms with Gasteiger partial charge in [-0.1, -0.05) is 19.1 Å². The molecule has 164 valence electrons. The largest absolute Gasteiger partial charge is 0.493 e. The number of amides is 1. The van der Waals surface area contributed by atoms with Gasteiger partial charge in [-0.05, 0) is 49.2 Å². The molecule has 4 rings (SSSR count). The molecule has 0 saturated heterocycles. The zero-order chi connectivity index (χ0) is 22.7. The number of aryl methyl sites for hydroxylation is 1. The maximum Gasteiger partial charge on any atom is 0.254 e. The van der Waals surface area contributed by atoms with Gasteiger partial charge in [-0.3, -0.25) is 14.9 Å². The van der Waals surface area contributed by atoms with Crippen LogP contribution < -0.4 is 4.74 Å². The van der Waals surface area contributed by atoms with Crippen molar-refractivity contribution in [2.75, 3.05) is 13.7 Å². The Kier molecular flexibility index (Phi) is 6.16. The molecule has 32 heavy (non-hydrogen) atoms. The van der Waals surface area contributed by atoms with Crippen LogP contribution in [-0.2, 0) is 13.0 Å². The Bertz CT molecular complexity index is 1270. The van der Waals surface area contributed by atoms with Crippen molar-refractivity contribution in [2.24, 2.45) is 0 Å². The first kappa shape index (κ1) is 21.5. The molecular weight excluding hydrogens is 407 g/mol. The Morgan fingerprint density at radius 3 is 2.75 bits per heavy atom. The average molecular weight is 432 g/mol. The van der Waals surface area contributed by atoms with Crippen molar-refractivity contribution >= 4 is 16.8 Å². The van der Waals surface area contributed by atoms with Gasteiger partial charge in [0, 0.05) is 41.9 Å². The Labute approximate surface area is 186 Å². The molecule has 1 amide bonds. The molecule has 0 radical (unpaired) electrons. The summed E-state index contributed by atoms with van der Waals surface area (Å²) >= 11 is 0. The summed E-state index contributed by atoms with van der Waals surface area (Å²) in [6, 6.07) is 11.6. The molecule has 0 atom stereocenters. The third-order valence-corrected chi connectivity index (χ3v) is 5.40. The van der Waals surface area contributed by atoms with Crippen LogP contribution in [0.2, 0.25) is 0 Å². The standard InChI is InChI=1S/C25H25FN4O2/c1-4-22-21-14-28-29-24(21)18(13-27-22)15-30(3)25(31)17-9-10-20(23(12-17)32-5-2)16-7-6-8-19(26)11-16/h6-14H,4-5,15H2,1-3H3,(H,28,29). The average Bonchev–Trinajstić information content (AvgIpc) is 3.29. The zero-order valence-corrected chi connectivity index (χ0v) is 18.4. The molecule has 0 aliphatic carbocycles. The molecule has 0 aliphatic heterocycles. The lowest BCUT2D eigenvalue weighted by molar-refractivity contribution is 0.0785. The number of carbonyl (C=O) groups is 1. The van der Waals surface area contributed by atoms with Gasteiger partial charge < -0.3 is 9.64 Å². The Balaban J connectivity index is 1.61. The molecule has 0 bridgehead atoms. The van der Waals surface area contributed by atoms with Crippen LogP contribution in [0.3, 0.4) is 0 Å². The molecule has 0 spiro atoms. The van der Waals surface area contributed by atoms with Gasteiger partial charge in [0.25, 0.3) is 5.91 Å². The van der Waals surface area contributed by atoms with Crippen molar-refractivity contribution < 1.29 is 13.9 Å². The van der Waals surface area contributed by atoms with E-state index in [-0.39, 0.29) is 11.7 Å². The van der Waals surface area contributed by atoms with Crippen LogP contribution >= 0.6 is 0 Å². The van der Waals surface area contributed by atoms with Crippen LogP contribution in [0.25, 0.3) is 22.0 Å². The van der Waals surface area contributed by atoms with Crippen molar-refractivity contribution in [1.82, 2.24) is 20.1 Å². The summed E-state index contributed by atoms with van der Waals surface area (Å²) in [5.74, 6) is 0.0731. The highest BCUT2D eigenvalue weighted by Crippen LogP contribution is 2.32. The molecule has 2 aromatic carbocycles. The van der Waals surface area contributed by atoms with E-state index in [0.29, 0.717) is 30.0 Å². The van der Waals surface area contributed by atoms with Gasteiger partial charge in [-0.25, -0.2) is 4.39 Å². The van der Waals surface area contributed by atoms with Gasteiger partial charge >= 0.3 is 0 Å². The molecule has 0 saturated carbocycles. The minimum atomic E-state index is -0.322. The molecule has 4 aromatic rings. The quantitative estimate of drug-likeness (QED) is 0.446. The third kappa shape index (κ3) is 4.19. The van der Waals surface area contributed by atoms with E-state index in [9.17, 15) is 9.18 Å². The van der Waals surface area contributed by atoms with E-state index in [1.54, 1.807) is 48.6 Å². The molecule has 2 aromatic heterocycles. The molecule has 6 nitrogen and oxygen atoms in total. The third-order valence-electron chi connectivity index (χ3n) is 5.40. The number of carbonyl (C=O) groups excluding carboxylic acids is 1. The van der Waals surface area contributed by atoms with Crippen LogP contribution in [0.15, 0.2) is 54.9 Å². The van der Waals surface area contributed by atoms with Crippen LogP contribution in [0.5, 0.6) is 5.75 Å². The first-order valence-corrected chi connectivity index (χ1v) is 10.6. The number of nitrogens with one attached hydrogen (secondary N) is 1. The molecule has 0 aliphatic rings. The number of rotatable bonds is 7. The Morgan fingerprint density at radius 1 is 1.16 bits per heavy atom. The number of pyridine rings is 1. The second-order valence-corrected chi connectivity index (χ2v) is 7.56. The first-order valence-electron chi connectivity index (χ1n) is 10.6. The van der Waals surface area contributed by atoms with Crippen LogP contribution in [0.4, 0.5) is 4.39 Å². The molecule has 7 heteroatoms. The monoisotopic (exact) mass is 432 g/mol. The predicted molar refractivity (Wildman–Crippen MR) is 122 cm³/mol. The number of hydrogen-bond acceptors (Lipinski definition) is 4. The van der Waals surface area contributed by atoms with Crippen molar-refractivity contribution in [3.8, 4) is 16.9 Å². The van der Waals surface area contributed by atoms with Gasteiger partial charge in [0.2, 0.25) is 0 Å². The maximum absolute atomic E-state index is 13.7. The number of H-pyrrole nitrogens is 1. The van der Waals surface area contributed by atoms with Gasteiger partial charge in [0.1, 0.15) is 11.6 Å². The summed E-state index contributed by atoms with van der Waals surface area (Å²) in [6.07, 6.45) is 4.37. The predicted octanol–water partition coefficient (Wildman–Crippen LogP) is 5.00. The van der Waals surface area contributed by atoms with Crippen LogP contribution in [0, 0.1) is 5.82 Å². The Hall–Kier alpha value is -3.74.